The van der Waals surface area contributed by atoms with Crippen LogP contribution < -0.4 is 10.6 Å². The maximum Gasteiger partial charge on any atom is 0.237 e. The largest absolute Gasteiger partial charge is 0.355 e. The SMILES string of the molecule is O=C1NCCCC1NCc1ccc(Cl)c2cccnc12. The molecular formula is C15H16ClN3O. The van der Waals surface area contributed by atoms with Crippen LogP contribution in [0.5, 0.6) is 0 Å². The number of benzene rings is 1. The third-order valence-corrected chi connectivity index (χ3v) is 3.95. The summed E-state index contributed by atoms with van der Waals surface area (Å²) in [6.45, 7) is 1.39. The Balaban J connectivity index is 1.81. The van der Waals surface area contributed by atoms with E-state index in [9.17, 15) is 4.79 Å². The van der Waals surface area contributed by atoms with E-state index in [2.05, 4.69) is 15.6 Å². The summed E-state index contributed by atoms with van der Waals surface area (Å²) in [4.78, 5) is 16.1. The standard InChI is InChI=1S/C15H16ClN3O/c16-12-6-5-10(14-11(12)3-1-7-17-14)9-19-13-4-2-8-18-15(13)20/h1,3,5-7,13,19H,2,4,8-9H2,(H,18,20). The van der Waals surface area contributed by atoms with Gasteiger partial charge in [-0.15, -0.1) is 0 Å². The second-order valence-electron chi connectivity index (χ2n) is 4.97. The molecule has 0 aliphatic carbocycles. The number of amides is 1. The Labute approximate surface area is 122 Å². The highest BCUT2D eigenvalue weighted by atomic mass is 35.5. The monoisotopic (exact) mass is 289 g/mol. The van der Waals surface area contributed by atoms with Crippen LogP contribution in [0, 0.1) is 0 Å². The second-order valence-corrected chi connectivity index (χ2v) is 5.38. The fourth-order valence-corrected chi connectivity index (χ4v) is 2.75. The van der Waals surface area contributed by atoms with Gasteiger partial charge < -0.3 is 10.6 Å². The fraction of sp³-hybridized carbons (Fsp3) is 0.333. The highest BCUT2D eigenvalue weighted by Crippen LogP contribution is 2.24. The Bertz CT molecular complexity index is 644. The van der Waals surface area contributed by atoms with E-state index in [1.807, 2.05) is 24.3 Å². The molecule has 0 bridgehead atoms. The quantitative estimate of drug-likeness (QED) is 0.911. The first-order valence-electron chi connectivity index (χ1n) is 6.79. The molecule has 1 atom stereocenters. The van der Waals surface area contributed by atoms with Crippen LogP contribution in [-0.2, 0) is 11.3 Å². The molecule has 0 saturated carbocycles. The smallest absolute Gasteiger partial charge is 0.237 e. The van der Waals surface area contributed by atoms with Gasteiger partial charge in [0, 0.05) is 29.7 Å². The lowest BCUT2D eigenvalue weighted by atomic mass is 10.1. The van der Waals surface area contributed by atoms with Gasteiger partial charge in [0.05, 0.1) is 11.6 Å². The summed E-state index contributed by atoms with van der Waals surface area (Å²) in [5.74, 6) is 0.0856. The molecule has 5 heteroatoms. The molecule has 1 saturated heterocycles. The maximum absolute atomic E-state index is 11.7. The van der Waals surface area contributed by atoms with Crippen LogP contribution in [0.15, 0.2) is 30.5 Å². The maximum atomic E-state index is 11.7. The van der Waals surface area contributed by atoms with Crippen LogP contribution >= 0.6 is 11.6 Å². The van der Waals surface area contributed by atoms with Crippen molar-refractivity contribution in [2.24, 2.45) is 0 Å². The molecule has 3 rings (SSSR count). The number of piperidine rings is 1. The lowest BCUT2D eigenvalue weighted by Crippen LogP contribution is -2.47. The minimum Gasteiger partial charge on any atom is -0.355 e. The van der Waals surface area contributed by atoms with Gasteiger partial charge in [-0.2, -0.15) is 0 Å². The third-order valence-electron chi connectivity index (χ3n) is 3.62. The molecule has 104 valence electrons. The topological polar surface area (TPSA) is 54.0 Å². The fourth-order valence-electron chi connectivity index (χ4n) is 2.54. The molecule has 2 N–H and O–H groups in total. The van der Waals surface area contributed by atoms with Crippen LogP contribution in [0.4, 0.5) is 0 Å². The number of halogens is 1. The zero-order chi connectivity index (χ0) is 13.9. The zero-order valence-corrected chi connectivity index (χ0v) is 11.8. The van der Waals surface area contributed by atoms with E-state index in [1.54, 1.807) is 6.20 Å². The van der Waals surface area contributed by atoms with Crippen molar-refractivity contribution in [2.45, 2.75) is 25.4 Å². The van der Waals surface area contributed by atoms with Gasteiger partial charge in [0.25, 0.3) is 0 Å². The van der Waals surface area contributed by atoms with Crippen molar-refractivity contribution in [1.29, 1.82) is 0 Å². The van der Waals surface area contributed by atoms with Gasteiger partial charge in [-0.3, -0.25) is 9.78 Å². The molecule has 0 radical (unpaired) electrons. The summed E-state index contributed by atoms with van der Waals surface area (Å²) in [5, 5.41) is 7.83. The minimum atomic E-state index is -0.113. The highest BCUT2D eigenvalue weighted by molar-refractivity contribution is 6.35. The lowest BCUT2D eigenvalue weighted by molar-refractivity contribution is -0.124. The van der Waals surface area contributed by atoms with E-state index < -0.39 is 0 Å². The summed E-state index contributed by atoms with van der Waals surface area (Å²) in [5.41, 5.74) is 1.95. The molecule has 2 aromatic rings. The molecule has 1 aromatic carbocycles. The van der Waals surface area contributed by atoms with Crippen molar-refractivity contribution in [1.82, 2.24) is 15.6 Å². The number of nitrogens with one attached hydrogen (secondary N) is 2. The average molecular weight is 290 g/mol. The molecule has 1 amide bonds. The number of nitrogens with zero attached hydrogens (tertiary/aromatic N) is 1. The van der Waals surface area contributed by atoms with E-state index in [0.717, 1.165) is 35.9 Å². The van der Waals surface area contributed by atoms with Crippen molar-refractivity contribution >= 4 is 28.4 Å². The van der Waals surface area contributed by atoms with E-state index in [1.165, 1.54) is 0 Å². The first kappa shape index (κ1) is 13.3. The molecule has 1 unspecified atom stereocenters. The summed E-state index contributed by atoms with van der Waals surface area (Å²) in [6, 6.07) is 7.56. The summed E-state index contributed by atoms with van der Waals surface area (Å²) >= 11 is 6.18. The predicted octanol–water partition coefficient (Wildman–Crippen LogP) is 2.26. The summed E-state index contributed by atoms with van der Waals surface area (Å²) < 4.78 is 0. The second kappa shape index (κ2) is 5.77. The third kappa shape index (κ3) is 2.62. The molecule has 1 fully saturated rings. The molecule has 1 aliphatic rings. The van der Waals surface area contributed by atoms with Crippen LogP contribution in [0.1, 0.15) is 18.4 Å². The van der Waals surface area contributed by atoms with Gasteiger partial charge in [-0.1, -0.05) is 17.7 Å². The van der Waals surface area contributed by atoms with E-state index in [0.29, 0.717) is 11.6 Å². The number of fused-ring (bicyclic) bond motifs is 1. The molecule has 20 heavy (non-hydrogen) atoms. The molecule has 4 nitrogen and oxygen atoms in total. The van der Waals surface area contributed by atoms with Gasteiger partial charge in [0.2, 0.25) is 5.91 Å². The summed E-state index contributed by atoms with van der Waals surface area (Å²) in [6.07, 6.45) is 3.66. The Hall–Kier alpha value is -1.65. The number of rotatable bonds is 3. The predicted molar refractivity (Wildman–Crippen MR) is 79.6 cm³/mol. The highest BCUT2D eigenvalue weighted by Gasteiger charge is 2.21. The first-order valence-corrected chi connectivity index (χ1v) is 7.17. The van der Waals surface area contributed by atoms with E-state index >= 15 is 0 Å². The minimum absolute atomic E-state index is 0.0856. The van der Waals surface area contributed by atoms with Crippen LogP contribution in [0.3, 0.4) is 0 Å². The number of carbonyl (C=O) groups excluding carboxylic acids is 1. The Morgan fingerprint density at radius 1 is 1.40 bits per heavy atom. The Kier molecular flexibility index (Phi) is 3.85. The lowest BCUT2D eigenvalue weighted by Gasteiger charge is -2.23. The number of carbonyl (C=O) groups is 1. The van der Waals surface area contributed by atoms with Crippen molar-refractivity contribution in [2.75, 3.05) is 6.54 Å². The van der Waals surface area contributed by atoms with E-state index in [4.69, 9.17) is 11.6 Å². The van der Waals surface area contributed by atoms with Gasteiger partial charge >= 0.3 is 0 Å². The molecule has 1 aromatic heterocycles. The average Bonchev–Trinajstić information content (AvgIpc) is 2.48. The van der Waals surface area contributed by atoms with Crippen molar-refractivity contribution in [3.05, 3.63) is 41.0 Å². The van der Waals surface area contributed by atoms with Crippen molar-refractivity contribution < 1.29 is 4.79 Å². The van der Waals surface area contributed by atoms with Gasteiger partial charge in [0.15, 0.2) is 0 Å². The Morgan fingerprint density at radius 3 is 3.15 bits per heavy atom. The Morgan fingerprint density at radius 2 is 2.30 bits per heavy atom. The van der Waals surface area contributed by atoms with Crippen LogP contribution in [-0.4, -0.2) is 23.5 Å². The number of aromatic nitrogens is 1. The zero-order valence-electron chi connectivity index (χ0n) is 11.0. The molecule has 0 spiro atoms. The normalized spacial score (nSPS) is 19.1. The summed E-state index contributed by atoms with van der Waals surface area (Å²) in [7, 11) is 0. The number of pyridine rings is 1. The van der Waals surface area contributed by atoms with Crippen LogP contribution in [0.25, 0.3) is 10.9 Å². The molecule has 1 aliphatic heterocycles. The van der Waals surface area contributed by atoms with Crippen LogP contribution in [0.2, 0.25) is 5.02 Å². The molecular weight excluding hydrogens is 274 g/mol. The van der Waals surface area contributed by atoms with Gasteiger partial charge in [-0.05, 0) is 36.6 Å². The van der Waals surface area contributed by atoms with E-state index in [-0.39, 0.29) is 11.9 Å². The van der Waals surface area contributed by atoms with Crippen molar-refractivity contribution in [3.63, 3.8) is 0 Å². The van der Waals surface area contributed by atoms with Gasteiger partial charge in [0.1, 0.15) is 0 Å². The number of hydrogen-bond acceptors (Lipinski definition) is 3. The first-order chi connectivity index (χ1) is 9.75. The number of hydrogen-bond donors (Lipinski definition) is 2. The van der Waals surface area contributed by atoms with Crippen molar-refractivity contribution in [3.8, 4) is 0 Å². The molecule has 2 heterocycles. The van der Waals surface area contributed by atoms with Gasteiger partial charge in [-0.25, -0.2) is 0 Å².